The molecule has 0 fully saturated rings. The summed E-state index contributed by atoms with van der Waals surface area (Å²) in [4.78, 5) is 0. The van der Waals surface area contributed by atoms with Crippen LogP contribution in [0.4, 0.5) is 0 Å². The van der Waals surface area contributed by atoms with Gasteiger partial charge in [-0.3, -0.25) is 0 Å². The molecule has 0 aliphatic rings. The Morgan fingerprint density at radius 2 is 0.920 bits per heavy atom. The summed E-state index contributed by atoms with van der Waals surface area (Å²) in [6.45, 7) is 0. The normalized spacial score (nSPS) is 11.6. The Balaban J connectivity index is 2.81. The maximum Gasteiger partial charge on any atom is 0.176 e. The standard InChI is InChI=1S/C14HCl9O2/c15-5-1-2(8(18)10(20)9(19)7(1)17)6(16)4-3(5)13(24)11(21)12(22)14(4)25-23/h24H. The summed E-state index contributed by atoms with van der Waals surface area (Å²) in [6, 6.07) is 0. The van der Waals surface area contributed by atoms with Crippen LogP contribution in [0.15, 0.2) is 0 Å². The molecule has 0 radical (unpaired) electrons. The van der Waals surface area contributed by atoms with Gasteiger partial charge in [0.05, 0.1) is 35.5 Å². The smallest absolute Gasteiger partial charge is 0.176 e. The molecule has 1 N–H and O–H groups in total. The van der Waals surface area contributed by atoms with Crippen LogP contribution in [-0.4, -0.2) is 5.11 Å². The van der Waals surface area contributed by atoms with E-state index in [2.05, 4.69) is 0 Å². The Bertz CT molecular complexity index is 1080. The second kappa shape index (κ2) is 7.09. The summed E-state index contributed by atoms with van der Waals surface area (Å²) in [7, 11) is 0. The third-order valence-corrected chi connectivity index (χ3v) is 7.07. The van der Waals surface area contributed by atoms with E-state index in [9.17, 15) is 5.11 Å². The van der Waals surface area contributed by atoms with E-state index in [4.69, 9.17) is 109 Å². The van der Waals surface area contributed by atoms with E-state index in [1.165, 1.54) is 0 Å². The van der Waals surface area contributed by atoms with Gasteiger partial charge in [-0.25, -0.2) is 0 Å². The zero-order chi connectivity index (χ0) is 18.8. The topological polar surface area (TPSA) is 29.5 Å². The van der Waals surface area contributed by atoms with Crippen molar-refractivity contribution in [3.8, 4) is 11.5 Å². The Labute approximate surface area is 186 Å². The zero-order valence-electron chi connectivity index (χ0n) is 11.3. The van der Waals surface area contributed by atoms with Crippen LogP contribution in [0.2, 0.25) is 40.2 Å². The maximum absolute atomic E-state index is 10.4. The molecule has 0 aliphatic carbocycles. The molecule has 2 nitrogen and oxygen atoms in total. The van der Waals surface area contributed by atoms with Crippen LogP contribution in [0.1, 0.15) is 0 Å². The predicted octanol–water partition coefficient (Wildman–Crippen LogP) is 9.46. The third kappa shape index (κ3) is 2.77. The Morgan fingerprint density at radius 1 is 0.480 bits per heavy atom. The molecule has 0 bridgehead atoms. The van der Waals surface area contributed by atoms with Gasteiger partial charge in [-0.2, -0.15) is 0 Å². The van der Waals surface area contributed by atoms with E-state index < -0.39 is 5.75 Å². The molecule has 0 aromatic heterocycles. The highest BCUT2D eigenvalue weighted by Gasteiger charge is 2.28. The summed E-state index contributed by atoms with van der Waals surface area (Å²) >= 11 is 55.2. The van der Waals surface area contributed by atoms with Crippen molar-refractivity contribution in [1.82, 2.24) is 0 Å². The average Bonchev–Trinajstić information content (AvgIpc) is 2.58. The molecule has 3 aromatic carbocycles. The first-order valence-electron chi connectivity index (χ1n) is 6.09. The first kappa shape index (κ1) is 20.1. The molecule has 25 heavy (non-hydrogen) atoms. The monoisotopic (exact) mass is 516 g/mol. The number of phenols is 1. The number of aromatic hydroxyl groups is 1. The highest BCUT2D eigenvalue weighted by atomic mass is 35.5. The molecule has 0 heterocycles. The SMILES string of the molecule is Oc1c(Cl)c(Cl)c(OCl)c2c(Cl)c3c(Cl)c(Cl)c(Cl)c(Cl)c3c(Cl)c12. The molecule has 0 unspecified atom stereocenters. The summed E-state index contributed by atoms with van der Waals surface area (Å²) in [5.41, 5.74) is 0. The molecule has 0 saturated carbocycles. The number of halogens is 9. The second-order valence-corrected chi connectivity index (χ2v) is 7.94. The molecule has 0 aliphatic heterocycles. The molecule has 132 valence electrons. The Morgan fingerprint density at radius 3 is 1.36 bits per heavy atom. The van der Waals surface area contributed by atoms with Gasteiger partial charge >= 0.3 is 0 Å². The third-order valence-electron chi connectivity index (χ3n) is 3.54. The Kier molecular flexibility index (Phi) is 5.71. The van der Waals surface area contributed by atoms with Crippen molar-refractivity contribution in [2.75, 3.05) is 0 Å². The fourth-order valence-electron chi connectivity index (χ4n) is 2.44. The van der Waals surface area contributed by atoms with Crippen LogP contribution >= 0.6 is 105 Å². The van der Waals surface area contributed by atoms with Crippen molar-refractivity contribution in [2.45, 2.75) is 0 Å². The van der Waals surface area contributed by atoms with Gasteiger partial charge in [0.25, 0.3) is 0 Å². The van der Waals surface area contributed by atoms with Crippen molar-refractivity contribution in [3.63, 3.8) is 0 Å². The second-order valence-electron chi connectivity index (χ2n) is 4.77. The van der Waals surface area contributed by atoms with E-state index in [1.807, 2.05) is 0 Å². The van der Waals surface area contributed by atoms with Gasteiger partial charge in [0.1, 0.15) is 27.7 Å². The van der Waals surface area contributed by atoms with Crippen LogP contribution in [0.3, 0.4) is 0 Å². The number of benzene rings is 3. The fourth-order valence-corrected chi connectivity index (χ4v) is 4.92. The van der Waals surface area contributed by atoms with Crippen molar-refractivity contribution in [3.05, 3.63) is 40.2 Å². The first-order chi connectivity index (χ1) is 11.6. The lowest BCUT2D eigenvalue weighted by atomic mass is 10.0. The van der Waals surface area contributed by atoms with E-state index in [0.29, 0.717) is 0 Å². The molecule has 3 rings (SSSR count). The molecule has 0 spiro atoms. The van der Waals surface area contributed by atoms with Gasteiger partial charge in [0.2, 0.25) is 0 Å². The van der Waals surface area contributed by atoms with Crippen molar-refractivity contribution < 1.29 is 9.40 Å². The highest BCUT2D eigenvalue weighted by Crippen LogP contribution is 2.57. The van der Waals surface area contributed by atoms with Crippen LogP contribution in [-0.2, 0) is 0 Å². The minimum atomic E-state index is -0.439. The van der Waals surface area contributed by atoms with Gasteiger partial charge < -0.3 is 9.40 Å². The average molecular weight is 520 g/mol. The van der Waals surface area contributed by atoms with E-state index in [0.717, 1.165) is 0 Å². The minimum Gasteiger partial charge on any atom is -0.506 e. The molecule has 11 heteroatoms. The minimum absolute atomic E-state index is 0.00122. The molecule has 0 atom stereocenters. The maximum atomic E-state index is 10.4. The molecule has 3 aromatic rings. The molecular weight excluding hydrogens is 519 g/mol. The molecular formula is C14HCl9O2. The van der Waals surface area contributed by atoms with Crippen molar-refractivity contribution >= 4 is 126 Å². The molecule has 0 saturated heterocycles. The van der Waals surface area contributed by atoms with Gasteiger partial charge in [-0.1, -0.05) is 92.8 Å². The Hall–Kier alpha value is 0.390. The van der Waals surface area contributed by atoms with Crippen LogP contribution < -0.4 is 4.29 Å². The lowest BCUT2D eigenvalue weighted by molar-refractivity contribution is 0.481. The van der Waals surface area contributed by atoms with Crippen molar-refractivity contribution in [2.24, 2.45) is 0 Å². The van der Waals surface area contributed by atoms with Crippen molar-refractivity contribution in [1.29, 1.82) is 0 Å². The van der Waals surface area contributed by atoms with E-state index >= 15 is 0 Å². The van der Waals surface area contributed by atoms with E-state index in [-0.39, 0.29) is 67.5 Å². The van der Waals surface area contributed by atoms with E-state index in [1.54, 1.807) is 0 Å². The summed E-state index contributed by atoms with van der Waals surface area (Å²) in [5.74, 6) is -0.556. The number of hydrogen-bond donors (Lipinski definition) is 1. The fraction of sp³-hybridized carbons (Fsp3) is 0. The number of hydrogen-bond acceptors (Lipinski definition) is 2. The summed E-state index contributed by atoms with van der Waals surface area (Å²) in [6.07, 6.45) is 0. The van der Waals surface area contributed by atoms with Gasteiger partial charge in [0.15, 0.2) is 5.75 Å². The van der Waals surface area contributed by atoms with Gasteiger partial charge in [0, 0.05) is 16.2 Å². The summed E-state index contributed by atoms with van der Waals surface area (Å²) < 4.78 is 4.77. The zero-order valence-corrected chi connectivity index (χ0v) is 18.1. The highest BCUT2D eigenvalue weighted by molar-refractivity contribution is 6.60. The van der Waals surface area contributed by atoms with Gasteiger partial charge in [-0.05, 0) is 0 Å². The number of fused-ring (bicyclic) bond motifs is 2. The predicted molar refractivity (Wildman–Crippen MR) is 110 cm³/mol. The van der Waals surface area contributed by atoms with Crippen LogP contribution in [0.5, 0.6) is 11.5 Å². The van der Waals surface area contributed by atoms with Crippen LogP contribution in [0.25, 0.3) is 21.5 Å². The van der Waals surface area contributed by atoms with Gasteiger partial charge in [-0.15, -0.1) is 0 Å². The lowest BCUT2D eigenvalue weighted by Gasteiger charge is -2.18. The van der Waals surface area contributed by atoms with Crippen LogP contribution in [0, 0.1) is 0 Å². The largest absolute Gasteiger partial charge is 0.506 e. The quantitative estimate of drug-likeness (QED) is 0.197. The lowest BCUT2D eigenvalue weighted by Crippen LogP contribution is -1.91. The number of phenolic OH excluding ortho intramolecular Hbond substituents is 1. The number of rotatable bonds is 1. The molecule has 0 amide bonds. The summed E-state index contributed by atoms with van der Waals surface area (Å²) in [5, 5.41) is 10.4. The first-order valence-corrected chi connectivity index (χ1v) is 9.43.